The summed E-state index contributed by atoms with van der Waals surface area (Å²) in [5.41, 5.74) is -0.248. The van der Waals surface area contributed by atoms with Gasteiger partial charge in [0.05, 0.1) is 33.2 Å². The maximum atomic E-state index is 13.0. The lowest BCUT2D eigenvalue weighted by molar-refractivity contribution is -0.157. The summed E-state index contributed by atoms with van der Waals surface area (Å²) in [6.45, 7) is 0.196. The Hall–Kier alpha value is -2.77. The molecule has 8 heteroatoms. The third kappa shape index (κ3) is 4.16. The zero-order valence-corrected chi connectivity index (χ0v) is 17.0. The molecule has 1 aromatic carbocycles. The third-order valence-electron chi connectivity index (χ3n) is 5.86. The molecule has 0 spiro atoms. The van der Waals surface area contributed by atoms with Crippen LogP contribution in [0.1, 0.15) is 31.2 Å². The van der Waals surface area contributed by atoms with Crippen molar-refractivity contribution in [2.45, 2.75) is 37.6 Å². The van der Waals surface area contributed by atoms with Crippen molar-refractivity contribution in [1.82, 2.24) is 5.32 Å². The molecule has 158 valence electrons. The van der Waals surface area contributed by atoms with Crippen LogP contribution in [0.5, 0.6) is 11.5 Å². The van der Waals surface area contributed by atoms with Crippen LogP contribution in [0.15, 0.2) is 18.2 Å². The smallest absolute Gasteiger partial charge is 0.331 e. The molecule has 0 unspecified atom stereocenters. The van der Waals surface area contributed by atoms with Gasteiger partial charge < -0.3 is 24.3 Å². The zero-order valence-electron chi connectivity index (χ0n) is 17.0. The van der Waals surface area contributed by atoms with Crippen molar-refractivity contribution in [1.29, 1.82) is 0 Å². The normalized spacial score (nSPS) is 25.8. The maximum Gasteiger partial charge on any atom is 0.331 e. The molecule has 8 nitrogen and oxygen atoms in total. The van der Waals surface area contributed by atoms with E-state index in [2.05, 4.69) is 5.32 Å². The topological polar surface area (TPSA) is 100 Å². The minimum Gasteiger partial charge on any atom is -0.493 e. The fraction of sp³-hybridized carbons (Fsp3) is 0.571. The highest BCUT2D eigenvalue weighted by Crippen LogP contribution is 2.37. The number of esters is 2. The molecule has 1 atom stereocenters. The predicted molar refractivity (Wildman–Crippen MR) is 103 cm³/mol. The van der Waals surface area contributed by atoms with Crippen molar-refractivity contribution in [3.8, 4) is 11.5 Å². The van der Waals surface area contributed by atoms with Crippen molar-refractivity contribution in [3.05, 3.63) is 23.8 Å². The van der Waals surface area contributed by atoms with E-state index in [9.17, 15) is 14.4 Å². The average molecular weight is 405 g/mol. The molecular weight excluding hydrogens is 378 g/mol. The first-order chi connectivity index (χ1) is 13.9. The van der Waals surface area contributed by atoms with E-state index >= 15 is 0 Å². The van der Waals surface area contributed by atoms with Gasteiger partial charge in [-0.05, 0) is 43.7 Å². The molecule has 1 N–H and O–H groups in total. The highest BCUT2D eigenvalue weighted by molar-refractivity contribution is 5.89. The number of methoxy groups -OCH3 is 3. The summed E-state index contributed by atoms with van der Waals surface area (Å²) in [5, 5.41) is 2.91. The lowest BCUT2D eigenvalue weighted by Gasteiger charge is -2.38. The number of fused-ring (bicyclic) bond motifs is 1. The number of carbonyl (C=O) groups is 3. The number of nitrogens with one attached hydrogen (secondary N) is 1. The van der Waals surface area contributed by atoms with Gasteiger partial charge in [0.25, 0.3) is 0 Å². The first kappa shape index (κ1) is 21.0. The molecule has 1 aromatic rings. The van der Waals surface area contributed by atoms with E-state index in [0.717, 1.165) is 5.56 Å². The molecule has 1 aliphatic carbocycles. The van der Waals surface area contributed by atoms with E-state index in [1.165, 1.54) is 14.2 Å². The second-order valence-corrected chi connectivity index (χ2v) is 7.52. The molecule has 1 heterocycles. The fourth-order valence-corrected chi connectivity index (χ4v) is 4.15. The largest absolute Gasteiger partial charge is 0.493 e. The summed E-state index contributed by atoms with van der Waals surface area (Å²) >= 11 is 0. The predicted octanol–water partition coefficient (Wildman–Crippen LogP) is 1.64. The number of benzene rings is 1. The van der Waals surface area contributed by atoms with Crippen molar-refractivity contribution in [2.75, 3.05) is 27.9 Å². The van der Waals surface area contributed by atoms with Gasteiger partial charge in [0, 0.05) is 0 Å². The van der Waals surface area contributed by atoms with Crippen LogP contribution in [0.25, 0.3) is 0 Å². The number of rotatable bonds is 5. The summed E-state index contributed by atoms with van der Waals surface area (Å²) in [4.78, 5) is 37.3. The van der Waals surface area contributed by atoms with Gasteiger partial charge >= 0.3 is 11.9 Å². The Labute approximate surface area is 169 Å². The Morgan fingerprint density at radius 1 is 1.07 bits per heavy atom. The van der Waals surface area contributed by atoms with Crippen LogP contribution >= 0.6 is 0 Å². The minimum atomic E-state index is -1.13. The molecule has 0 saturated heterocycles. The van der Waals surface area contributed by atoms with Crippen molar-refractivity contribution >= 4 is 17.8 Å². The van der Waals surface area contributed by atoms with Crippen LogP contribution in [0, 0.1) is 11.8 Å². The van der Waals surface area contributed by atoms with Gasteiger partial charge in [0.2, 0.25) is 5.91 Å². The van der Waals surface area contributed by atoms with Crippen LogP contribution in [-0.2, 0) is 30.3 Å². The number of para-hydroxylation sites is 1. The third-order valence-corrected chi connectivity index (χ3v) is 5.86. The molecule has 1 fully saturated rings. The van der Waals surface area contributed by atoms with Crippen molar-refractivity contribution in [2.24, 2.45) is 11.8 Å². The Bertz CT molecular complexity index is 783. The second kappa shape index (κ2) is 8.71. The molecule has 1 saturated carbocycles. The van der Waals surface area contributed by atoms with E-state index in [1.54, 1.807) is 7.11 Å². The fourth-order valence-electron chi connectivity index (χ4n) is 4.15. The quantitative estimate of drug-likeness (QED) is 0.743. The highest BCUT2D eigenvalue weighted by atomic mass is 16.5. The minimum absolute atomic E-state index is 0.196. The first-order valence-electron chi connectivity index (χ1n) is 9.71. The molecule has 29 heavy (non-hydrogen) atoms. The summed E-state index contributed by atoms with van der Waals surface area (Å²) in [5.74, 6) is -0.468. The number of ether oxygens (including phenoxy) is 4. The van der Waals surface area contributed by atoms with Crippen LogP contribution in [0.3, 0.4) is 0 Å². The first-order valence-corrected chi connectivity index (χ1v) is 9.71. The molecule has 0 bridgehead atoms. The summed E-state index contributed by atoms with van der Waals surface area (Å²) in [6, 6.07) is 5.56. The van der Waals surface area contributed by atoms with Crippen LogP contribution in [0.4, 0.5) is 0 Å². The second-order valence-electron chi connectivity index (χ2n) is 7.52. The van der Waals surface area contributed by atoms with Crippen molar-refractivity contribution < 1.29 is 33.3 Å². The Morgan fingerprint density at radius 2 is 1.79 bits per heavy atom. The molecule has 1 aliphatic heterocycles. The molecule has 2 aliphatic rings. The lowest BCUT2D eigenvalue weighted by Crippen LogP contribution is -2.59. The number of hydrogen-bond donors (Lipinski definition) is 1. The van der Waals surface area contributed by atoms with Gasteiger partial charge in [-0.15, -0.1) is 0 Å². The van der Waals surface area contributed by atoms with Gasteiger partial charge in [0.1, 0.15) is 12.1 Å². The van der Waals surface area contributed by atoms with Gasteiger partial charge in [0.15, 0.2) is 11.5 Å². The molecule has 1 amide bonds. The average Bonchev–Trinajstić information content (AvgIpc) is 2.77. The SMILES string of the molecule is COC(=O)C1CCC(NC(=O)[C@@H]2COc3c(cccc3OC)C2)(C(=O)OC)CC1. The molecule has 0 aromatic heterocycles. The van der Waals surface area contributed by atoms with Gasteiger partial charge in [-0.3, -0.25) is 9.59 Å². The number of amides is 1. The maximum absolute atomic E-state index is 13.0. The van der Waals surface area contributed by atoms with Crippen molar-refractivity contribution in [3.63, 3.8) is 0 Å². The Balaban J connectivity index is 1.71. The zero-order chi connectivity index (χ0) is 21.0. The van der Waals surface area contributed by atoms with Crippen LogP contribution in [0.2, 0.25) is 0 Å². The van der Waals surface area contributed by atoms with Gasteiger partial charge in [-0.2, -0.15) is 0 Å². The van der Waals surface area contributed by atoms with E-state index in [-0.39, 0.29) is 24.4 Å². The van der Waals surface area contributed by atoms with E-state index in [0.29, 0.717) is 43.6 Å². The van der Waals surface area contributed by atoms with E-state index in [4.69, 9.17) is 18.9 Å². The molecule has 0 radical (unpaired) electrons. The van der Waals surface area contributed by atoms with Crippen LogP contribution < -0.4 is 14.8 Å². The highest BCUT2D eigenvalue weighted by Gasteiger charge is 2.46. The lowest BCUT2D eigenvalue weighted by atomic mass is 9.76. The number of carbonyl (C=O) groups excluding carboxylic acids is 3. The summed E-state index contributed by atoms with van der Waals surface area (Å²) < 4.78 is 20.9. The Morgan fingerprint density at radius 3 is 2.41 bits per heavy atom. The number of hydrogen-bond acceptors (Lipinski definition) is 7. The molecular formula is C21H27NO7. The summed E-state index contributed by atoms with van der Waals surface area (Å²) in [6.07, 6.45) is 2.03. The monoisotopic (exact) mass is 405 g/mol. The standard InChI is InChI=1S/C21H27NO7/c1-26-16-6-4-5-14-11-15(12-29-17(14)16)18(23)22-21(20(25)28-3)9-7-13(8-10-21)19(24)27-2/h4-6,13,15H,7-12H2,1-3H3,(H,22,23)/t13?,15-,21?/m0/s1. The molecule has 3 rings (SSSR count). The summed E-state index contributed by atoms with van der Waals surface area (Å²) in [7, 11) is 4.22. The van der Waals surface area contributed by atoms with Gasteiger partial charge in [-0.1, -0.05) is 12.1 Å². The van der Waals surface area contributed by atoms with E-state index in [1.807, 2.05) is 18.2 Å². The Kier molecular flexibility index (Phi) is 6.30. The van der Waals surface area contributed by atoms with Gasteiger partial charge in [-0.25, -0.2) is 4.79 Å². The van der Waals surface area contributed by atoms with E-state index < -0.39 is 17.4 Å². The van der Waals surface area contributed by atoms with Crippen LogP contribution in [-0.4, -0.2) is 51.3 Å².